The van der Waals surface area contributed by atoms with Crippen molar-refractivity contribution in [1.29, 1.82) is 0 Å². The van der Waals surface area contributed by atoms with E-state index in [4.69, 9.17) is 25.6 Å². The van der Waals surface area contributed by atoms with Crippen molar-refractivity contribution in [1.82, 2.24) is 10.1 Å². The van der Waals surface area contributed by atoms with Crippen LogP contribution in [0.4, 0.5) is 16.2 Å². The minimum absolute atomic E-state index is 0.178. The molecule has 9 heteroatoms. The summed E-state index contributed by atoms with van der Waals surface area (Å²) in [7, 11) is 1.32. The predicted molar refractivity (Wildman–Crippen MR) is 132 cm³/mol. The van der Waals surface area contributed by atoms with Crippen LogP contribution in [0.2, 0.25) is 5.02 Å². The molecule has 0 saturated carbocycles. The number of amides is 1. The molecule has 4 rings (SSSR count). The highest BCUT2D eigenvalue weighted by Gasteiger charge is 2.30. The molecule has 0 spiro atoms. The molecule has 0 bridgehead atoms. The zero-order valence-corrected chi connectivity index (χ0v) is 20.1. The number of methoxy groups -OCH3 is 1. The normalized spacial score (nSPS) is 10.6. The Labute approximate surface area is 207 Å². The number of aryl methyl sites for hydroxylation is 1. The van der Waals surface area contributed by atoms with Crippen molar-refractivity contribution in [3.8, 4) is 22.6 Å². The Bertz CT molecular complexity index is 1380. The summed E-state index contributed by atoms with van der Waals surface area (Å²) in [5.41, 5.74) is 3.64. The van der Waals surface area contributed by atoms with Crippen LogP contribution in [0, 0.1) is 6.92 Å². The highest BCUT2D eigenvalue weighted by atomic mass is 35.5. The van der Waals surface area contributed by atoms with E-state index in [1.54, 1.807) is 50.2 Å². The first-order chi connectivity index (χ1) is 16.9. The summed E-state index contributed by atoms with van der Waals surface area (Å²) in [4.78, 5) is 30.8. The quantitative estimate of drug-likeness (QED) is 0.286. The molecule has 0 saturated heterocycles. The largest absolute Gasteiger partial charge is 0.465 e. The summed E-state index contributed by atoms with van der Waals surface area (Å²) in [6, 6.07) is 17.5. The highest BCUT2D eigenvalue weighted by Crippen LogP contribution is 2.41. The third-order valence-corrected chi connectivity index (χ3v) is 5.52. The van der Waals surface area contributed by atoms with Gasteiger partial charge in [-0.3, -0.25) is 4.98 Å². The van der Waals surface area contributed by atoms with E-state index in [0.717, 1.165) is 5.56 Å². The Morgan fingerprint density at radius 1 is 1.06 bits per heavy atom. The molecule has 0 unspecified atom stereocenters. The van der Waals surface area contributed by atoms with Crippen molar-refractivity contribution in [2.45, 2.75) is 13.8 Å². The van der Waals surface area contributed by atoms with E-state index < -0.39 is 12.1 Å². The predicted octanol–water partition coefficient (Wildman–Crippen LogP) is 6.45. The number of rotatable bonds is 6. The number of para-hydroxylation sites is 1. The van der Waals surface area contributed by atoms with E-state index in [1.807, 2.05) is 24.3 Å². The minimum Gasteiger partial charge on any atom is -0.465 e. The number of halogens is 1. The molecule has 178 valence electrons. The molecule has 0 aliphatic heterocycles. The first-order valence-corrected chi connectivity index (χ1v) is 11.1. The SMILES string of the molecule is CCOC(=O)N(c1ccccc1Cl)c1c(C)noc1-c1cccc(-c2cc(C(=O)OC)ccn2)c1. The third kappa shape index (κ3) is 4.88. The van der Waals surface area contributed by atoms with Gasteiger partial charge in [-0.1, -0.05) is 47.1 Å². The monoisotopic (exact) mass is 491 g/mol. The van der Waals surface area contributed by atoms with Gasteiger partial charge in [0.1, 0.15) is 11.4 Å². The molecule has 0 atom stereocenters. The second kappa shape index (κ2) is 10.4. The summed E-state index contributed by atoms with van der Waals surface area (Å²) in [5.74, 6) is -0.107. The summed E-state index contributed by atoms with van der Waals surface area (Å²) < 4.78 is 15.8. The van der Waals surface area contributed by atoms with Crippen molar-refractivity contribution < 1.29 is 23.6 Å². The van der Waals surface area contributed by atoms with Crippen molar-refractivity contribution in [3.63, 3.8) is 0 Å². The Morgan fingerprint density at radius 2 is 1.83 bits per heavy atom. The van der Waals surface area contributed by atoms with Crippen LogP contribution in [0.15, 0.2) is 71.4 Å². The van der Waals surface area contributed by atoms with Crippen LogP contribution in [0.25, 0.3) is 22.6 Å². The average Bonchev–Trinajstić information content (AvgIpc) is 3.26. The van der Waals surface area contributed by atoms with Crippen LogP contribution in [-0.2, 0) is 9.47 Å². The lowest BCUT2D eigenvalue weighted by molar-refractivity contribution is 0.0600. The van der Waals surface area contributed by atoms with Gasteiger partial charge in [-0.25, -0.2) is 14.5 Å². The molecule has 0 radical (unpaired) electrons. The lowest BCUT2D eigenvalue weighted by Crippen LogP contribution is -2.27. The maximum atomic E-state index is 13.1. The van der Waals surface area contributed by atoms with Crippen molar-refractivity contribution in [3.05, 3.63) is 83.1 Å². The van der Waals surface area contributed by atoms with E-state index in [1.165, 1.54) is 18.2 Å². The fraction of sp³-hybridized carbons (Fsp3) is 0.154. The van der Waals surface area contributed by atoms with E-state index in [0.29, 0.717) is 44.7 Å². The molecule has 0 aliphatic carbocycles. The van der Waals surface area contributed by atoms with Gasteiger partial charge in [-0.05, 0) is 44.2 Å². The van der Waals surface area contributed by atoms with Gasteiger partial charge in [0.15, 0.2) is 5.76 Å². The van der Waals surface area contributed by atoms with Crippen LogP contribution < -0.4 is 4.90 Å². The van der Waals surface area contributed by atoms with E-state index in [2.05, 4.69) is 10.1 Å². The second-order valence-corrected chi connectivity index (χ2v) is 7.84. The van der Waals surface area contributed by atoms with E-state index in [9.17, 15) is 9.59 Å². The Morgan fingerprint density at radius 3 is 2.57 bits per heavy atom. The van der Waals surface area contributed by atoms with Crippen LogP contribution >= 0.6 is 11.6 Å². The molecule has 0 aliphatic rings. The molecule has 1 amide bonds. The molecule has 2 aromatic heterocycles. The maximum absolute atomic E-state index is 13.1. The summed E-state index contributed by atoms with van der Waals surface area (Å²) in [6.45, 7) is 3.64. The van der Waals surface area contributed by atoms with Crippen LogP contribution in [0.5, 0.6) is 0 Å². The summed E-state index contributed by atoms with van der Waals surface area (Å²) in [6.07, 6.45) is 0.926. The van der Waals surface area contributed by atoms with E-state index in [-0.39, 0.29) is 6.61 Å². The lowest BCUT2D eigenvalue weighted by Gasteiger charge is -2.23. The molecule has 2 heterocycles. The topological polar surface area (TPSA) is 94.8 Å². The van der Waals surface area contributed by atoms with Crippen LogP contribution in [0.3, 0.4) is 0 Å². The summed E-state index contributed by atoms with van der Waals surface area (Å²) >= 11 is 6.44. The molecular weight excluding hydrogens is 470 g/mol. The smallest absolute Gasteiger partial charge is 0.419 e. The van der Waals surface area contributed by atoms with E-state index >= 15 is 0 Å². The van der Waals surface area contributed by atoms with Gasteiger partial charge in [-0.15, -0.1) is 0 Å². The van der Waals surface area contributed by atoms with Crippen molar-refractivity contribution in [2.75, 3.05) is 18.6 Å². The zero-order valence-electron chi connectivity index (χ0n) is 19.3. The number of carbonyl (C=O) groups is 2. The summed E-state index contributed by atoms with van der Waals surface area (Å²) in [5, 5.41) is 4.48. The highest BCUT2D eigenvalue weighted by molar-refractivity contribution is 6.34. The number of esters is 1. The number of benzene rings is 2. The third-order valence-electron chi connectivity index (χ3n) is 5.20. The molecule has 35 heavy (non-hydrogen) atoms. The lowest BCUT2D eigenvalue weighted by atomic mass is 10.0. The Balaban J connectivity index is 1.83. The maximum Gasteiger partial charge on any atom is 0.419 e. The molecule has 8 nitrogen and oxygen atoms in total. The van der Waals surface area contributed by atoms with Gasteiger partial charge < -0.3 is 14.0 Å². The standard InChI is InChI=1S/C26H22ClN3O5/c1-4-34-26(32)30(22-11-6-5-10-20(22)27)23-16(2)29-35-24(23)18-9-7-8-17(14-18)21-15-19(12-13-28-21)25(31)33-3/h5-15H,4H2,1-3H3. The van der Waals surface area contributed by atoms with Crippen LogP contribution in [-0.4, -0.2) is 35.9 Å². The fourth-order valence-corrected chi connectivity index (χ4v) is 3.82. The molecule has 2 aromatic carbocycles. The van der Waals surface area contributed by atoms with Gasteiger partial charge in [0.2, 0.25) is 0 Å². The number of carbonyl (C=O) groups excluding carboxylic acids is 2. The number of pyridine rings is 1. The first-order valence-electron chi connectivity index (χ1n) is 10.8. The Hall–Kier alpha value is -4.17. The minimum atomic E-state index is -0.614. The van der Waals surface area contributed by atoms with Gasteiger partial charge in [-0.2, -0.15) is 0 Å². The fourth-order valence-electron chi connectivity index (χ4n) is 3.60. The van der Waals surface area contributed by atoms with Gasteiger partial charge in [0.05, 0.1) is 35.7 Å². The number of nitrogens with zero attached hydrogens (tertiary/aromatic N) is 3. The Kier molecular flexibility index (Phi) is 7.12. The molecule has 4 aromatic rings. The number of hydrogen-bond donors (Lipinski definition) is 0. The number of anilines is 2. The number of aromatic nitrogens is 2. The second-order valence-electron chi connectivity index (χ2n) is 7.43. The first kappa shape index (κ1) is 24.0. The average molecular weight is 492 g/mol. The van der Waals surface area contributed by atoms with Crippen molar-refractivity contribution in [2.24, 2.45) is 0 Å². The van der Waals surface area contributed by atoms with Crippen LogP contribution in [0.1, 0.15) is 23.0 Å². The number of hydrogen-bond acceptors (Lipinski definition) is 7. The van der Waals surface area contributed by atoms with Gasteiger partial charge >= 0.3 is 12.1 Å². The molecule has 0 N–H and O–H groups in total. The van der Waals surface area contributed by atoms with Gasteiger partial charge in [0, 0.05) is 17.3 Å². The van der Waals surface area contributed by atoms with Gasteiger partial charge in [0.25, 0.3) is 0 Å². The zero-order chi connectivity index (χ0) is 24.9. The van der Waals surface area contributed by atoms with Crippen molar-refractivity contribution >= 4 is 35.0 Å². The molecular formula is C26H22ClN3O5. The number of ether oxygens (including phenoxy) is 2. The molecule has 0 fully saturated rings.